The molecule has 0 aliphatic rings. The molecule has 0 radical (unpaired) electrons. The predicted molar refractivity (Wildman–Crippen MR) is 97.3 cm³/mol. The van der Waals surface area contributed by atoms with Crippen LogP contribution in [0.15, 0.2) is 54.6 Å². The maximum atomic E-state index is 12.2. The first-order valence-electron chi connectivity index (χ1n) is 6.72. The van der Waals surface area contributed by atoms with Crippen molar-refractivity contribution >= 4 is 34.9 Å². The molecule has 8 heteroatoms. The molecule has 2 aromatic carbocycles. The van der Waals surface area contributed by atoms with E-state index in [4.69, 9.17) is 17.3 Å². The van der Waals surface area contributed by atoms with Gasteiger partial charge < -0.3 is 16.6 Å². The lowest BCUT2D eigenvalue weighted by molar-refractivity contribution is 0.0689. The van der Waals surface area contributed by atoms with Gasteiger partial charge in [-0.3, -0.25) is 15.2 Å². The number of benzene rings is 2. The van der Waals surface area contributed by atoms with E-state index in [-0.39, 0.29) is 22.4 Å². The van der Waals surface area contributed by atoms with Crippen molar-refractivity contribution in [3.05, 3.63) is 65.7 Å². The lowest BCUT2D eigenvalue weighted by atomic mass is 10.1. The number of carboxylic acid groups (broad SMARTS) is 1. The lowest BCUT2D eigenvalue weighted by Gasteiger charge is -2.22. The molecule has 0 spiro atoms. The zero-order valence-electron chi connectivity index (χ0n) is 13.3. The summed E-state index contributed by atoms with van der Waals surface area (Å²) in [6.45, 7) is 0. The number of hydrogen-bond acceptors (Lipinski definition) is 3. The van der Waals surface area contributed by atoms with Gasteiger partial charge in [-0.1, -0.05) is 30.3 Å². The van der Waals surface area contributed by atoms with Gasteiger partial charge in [0.2, 0.25) is 0 Å². The Bertz CT molecular complexity index is 737. The van der Waals surface area contributed by atoms with E-state index in [2.05, 4.69) is 10.7 Å². The zero-order valence-corrected chi connectivity index (χ0v) is 14.1. The minimum absolute atomic E-state index is 0. The Kier molecular flexibility index (Phi) is 6.84. The Hall–Kier alpha value is -2.97. The van der Waals surface area contributed by atoms with Gasteiger partial charge in [0.25, 0.3) is 5.91 Å². The molecular formula is C16H19N4O3S+. The number of nitrogens with zero attached hydrogens (tertiary/aromatic N) is 1. The number of anilines is 1. The molecule has 126 valence electrons. The molecule has 1 amide bonds. The normalized spacial score (nSPS) is 9.38. The van der Waals surface area contributed by atoms with Gasteiger partial charge in [-0.2, -0.15) is 0 Å². The van der Waals surface area contributed by atoms with Crippen LogP contribution in [0.5, 0.6) is 0 Å². The van der Waals surface area contributed by atoms with E-state index in [0.717, 1.165) is 5.69 Å². The van der Waals surface area contributed by atoms with E-state index in [1.54, 1.807) is 19.2 Å². The van der Waals surface area contributed by atoms with Crippen molar-refractivity contribution in [2.24, 2.45) is 0 Å². The van der Waals surface area contributed by atoms with Crippen molar-refractivity contribution in [3.8, 4) is 0 Å². The number of amides is 1. The summed E-state index contributed by atoms with van der Waals surface area (Å²) in [5.41, 5.74) is 3.32. The van der Waals surface area contributed by atoms with E-state index in [1.165, 1.54) is 17.1 Å². The third-order valence-corrected chi connectivity index (χ3v) is 3.38. The van der Waals surface area contributed by atoms with Crippen LogP contribution < -0.4 is 16.9 Å². The summed E-state index contributed by atoms with van der Waals surface area (Å²) < 4.78 is 0. The van der Waals surface area contributed by atoms with Gasteiger partial charge in [0.05, 0.1) is 11.1 Å². The van der Waals surface area contributed by atoms with Crippen LogP contribution in [0.1, 0.15) is 20.7 Å². The summed E-state index contributed by atoms with van der Waals surface area (Å²) in [5, 5.41) is 13.7. The highest BCUT2D eigenvalue weighted by Gasteiger charge is 2.17. The predicted octanol–water partition coefficient (Wildman–Crippen LogP) is 2.73. The van der Waals surface area contributed by atoms with Crippen molar-refractivity contribution in [2.75, 3.05) is 12.4 Å². The molecule has 0 bridgehead atoms. The number of rotatable bonds is 3. The van der Waals surface area contributed by atoms with Crippen LogP contribution in [-0.2, 0) is 0 Å². The molecule has 24 heavy (non-hydrogen) atoms. The first kappa shape index (κ1) is 19.1. The molecule has 0 heterocycles. The molecule has 7 N–H and O–H groups in total. The number of nitrogens with one attached hydrogen (secondary N) is 2. The van der Waals surface area contributed by atoms with E-state index < -0.39 is 11.9 Å². The van der Waals surface area contributed by atoms with Crippen molar-refractivity contribution in [1.29, 1.82) is 0 Å². The third-order valence-electron chi connectivity index (χ3n) is 3.00. The van der Waals surface area contributed by atoms with Gasteiger partial charge in [-0.15, -0.1) is 0 Å². The highest BCUT2D eigenvalue weighted by molar-refractivity contribution is 7.80. The summed E-state index contributed by atoms with van der Waals surface area (Å²) in [7, 11) is 1.57. The summed E-state index contributed by atoms with van der Waals surface area (Å²) in [6, 6.07) is 15.2. The second-order valence-electron chi connectivity index (χ2n) is 4.65. The monoisotopic (exact) mass is 347 g/mol. The fourth-order valence-corrected chi connectivity index (χ4v) is 2.02. The topological polar surface area (TPSA) is 118 Å². The maximum absolute atomic E-state index is 12.2. The standard InChI is InChI=1S/C16H15N3O3S.H3N/c1-19(16(23)17-11-7-3-2-4-8-11)18-14(20)12-9-5-6-10-13(12)15(21)22;/h2-10H,1H3,(H,17,23)(H,18,20)(H,21,22);1H3/p+1. The first-order valence-corrected chi connectivity index (χ1v) is 7.13. The molecule has 0 saturated carbocycles. The van der Waals surface area contributed by atoms with Crippen molar-refractivity contribution in [3.63, 3.8) is 0 Å². The Morgan fingerprint density at radius 1 is 1.00 bits per heavy atom. The molecule has 2 aromatic rings. The lowest BCUT2D eigenvalue weighted by Crippen LogP contribution is -2.45. The van der Waals surface area contributed by atoms with E-state index in [1.807, 2.05) is 30.3 Å². The minimum Gasteiger partial charge on any atom is -0.478 e. The van der Waals surface area contributed by atoms with Gasteiger partial charge in [0.1, 0.15) is 0 Å². The van der Waals surface area contributed by atoms with Crippen LogP contribution in [-0.4, -0.2) is 34.2 Å². The number of para-hydroxylation sites is 1. The van der Waals surface area contributed by atoms with Gasteiger partial charge in [0.15, 0.2) is 5.11 Å². The molecule has 0 saturated heterocycles. The van der Waals surface area contributed by atoms with Gasteiger partial charge in [-0.05, 0) is 36.5 Å². The maximum Gasteiger partial charge on any atom is 0.336 e. The van der Waals surface area contributed by atoms with Crippen LogP contribution in [0.2, 0.25) is 0 Å². The van der Waals surface area contributed by atoms with E-state index in [0.29, 0.717) is 0 Å². The van der Waals surface area contributed by atoms with Crippen LogP contribution >= 0.6 is 12.2 Å². The fourth-order valence-electron chi connectivity index (χ4n) is 1.86. The summed E-state index contributed by atoms with van der Waals surface area (Å²) in [5.74, 6) is -1.72. The number of carbonyl (C=O) groups excluding carboxylic acids is 1. The SMILES string of the molecule is CN(NC(=O)c1ccccc1C(=O)O)C(=S)Nc1ccccc1.[NH4+]. The smallest absolute Gasteiger partial charge is 0.336 e. The van der Waals surface area contributed by atoms with Gasteiger partial charge in [-0.25, -0.2) is 4.79 Å². The van der Waals surface area contributed by atoms with Crippen LogP contribution in [0, 0.1) is 0 Å². The Morgan fingerprint density at radius 2 is 1.54 bits per heavy atom. The van der Waals surface area contributed by atoms with Crippen molar-refractivity contribution < 1.29 is 14.7 Å². The molecular weight excluding hydrogens is 328 g/mol. The highest BCUT2D eigenvalue weighted by Crippen LogP contribution is 2.09. The van der Waals surface area contributed by atoms with Crippen LogP contribution in [0.25, 0.3) is 0 Å². The molecule has 0 aliphatic heterocycles. The molecule has 0 aromatic heterocycles. The Morgan fingerprint density at radius 3 is 2.12 bits per heavy atom. The van der Waals surface area contributed by atoms with Crippen LogP contribution in [0.3, 0.4) is 0 Å². The van der Waals surface area contributed by atoms with Crippen molar-refractivity contribution in [1.82, 2.24) is 16.6 Å². The fraction of sp³-hybridized carbons (Fsp3) is 0.0625. The largest absolute Gasteiger partial charge is 0.478 e. The molecule has 2 rings (SSSR count). The summed E-state index contributed by atoms with van der Waals surface area (Å²) in [6.07, 6.45) is 0. The zero-order chi connectivity index (χ0) is 16.8. The Labute approximate surface area is 144 Å². The van der Waals surface area contributed by atoms with Crippen molar-refractivity contribution in [2.45, 2.75) is 0 Å². The summed E-state index contributed by atoms with van der Waals surface area (Å²) >= 11 is 5.20. The first-order chi connectivity index (χ1) is 11.0. The molecule has 7 nitrogen and oxygen atoms in total. The number of hydrazine groups is 1. The van der Waals surface area contributed by atoms with Gasteiger partial charge in [0, 0.05) is 12.7 Å². The third kappa shape index (κ3) is 4.77. The van der Waals surface area contributed by atoms with E-state index in [9.17, 15) is 9.59 Å². The number of hydrogen-bond donors (Lipinski definition) is 4. The number of quaternary nitrogens is 1. The second-order valence-corrected chi connectivity index (χ2v) is 5.03. The number of carboxylic acids is 1. The number of aromatic carboxylic acids is 1. The summed E-state index contributed by atoms with van der Waals surface area (Å²) in [4.78, 5) is 23.4. The van der Waals surface area contributed by atoms with Gasteiger partial charge >= 0.3 is 5.97 Å². The van der Waals surface area contributed by atoms with E-state index >= 15 is 0 Å². The second kappa shape index (κ2) is 8.61. The Balaban J connectivity index is 0.00000288. The highest BCUT2D eigenvalue weighted by atomic mass is 32.1. The molecule has 0 aliphatic carbocycles. The average Bonchev–Trinajstić information content (AvgIpc) is 2.55. The molecule has 0 unspecified atom stereocenters. The molecule has 0 fully saturated rings. The molecule has 0 atom stereocenters. The minimum atomic E-state index is -1.16. The number of carbonyl (C=O) groups is 2. The quantitative estimate of drug-likeness (QED) is 0.501. The average molecular weight is 347 g/mol. The van der Waals surface area contributed by atoms with Crippen LogP contribution in [0.4, 0.5) is 5.69 Å². The number of thiocarbonyl (C=S) groups is 1.